The largest absolute Gasteiger partial charge is 0.273 e. The van der Waals surface area contributed by atoms with Gasteiger partial charge in [-0.1, -0.05) is 11.6 Å². The summed E-state index contributed by atoms with van der Waals surface area (Å²) < 4.78 is 29.0. The number of aryl methyl sites for hydroxylation is 1. The van der Waals surface area contributed by atoms with E-state index in [-0.39, 0.29) is 4.90 Å². The van der Waals surface area contributed by atoms with Crippen LogP contribution in [0.2, 0.25) is 5.02 Å². The first kappa shape index (κ1) is 15.5. The Morgan fingerprint density at radius 2 is 2.15 bits per heavy atom. The zero-order valence-corrected chi connectivity index (χ0v) is 13.8. The molecule has 0 aliphatic rings. The lowest BCUT2D eigenvalue weighted by atomic mass is 10.3. The second-order valence-corrected chi connectivity index (χ2v) is 7.20. The molecule has 0 unspecified atom stereocenters. The molecule has 2 aromatic rings. The van der Waals surface area contributed by atoms with Crippen LogP contribution in [0, 0.1) is 0 Å². The van der Waals surface area contributed by atoms with Crippen LogP contribution in [0.15, 0.2) is 39.8 Å². The van der Waals surface area contributed by atoms with E-state index in [1.807, 2.05) is 13.1 Å². The molecule has 0 fully saturated rings. The molecule has 0 aliphatic carbocycles. The van der Waals surface area contributed by atoms with Crippen LogP contribution in [0.5, 0.6) is 0 Å². The van der Waals surface area contributed by atoms with Gasteiger partial charge in [-0.25, -0.2) is 13.1 Å². The molecule has 0 spiro atoms. The van der Waals surface area contributed by atoms with Crippen LogP contribution in [0.1, 0.15) is 5.69 Å². The van der Waals surface area contributed by atoms with Crippen molar-refractivity contribution >= 4 is 37.6 Å². The van der Waals surface area contributed by atoms with Gasteiger partial charge < -0.3 is 0 Å². The number of benzene rings is 1. The van der Waals surface area contributed by atoms with E-state index >= 15 is 0 Å². The molecule has 0 amide bonds. The van der Waals surface area contributed by atoms with Crippen molar-refractivity contribution in [1.82, 2.24) is 14.5 Å². The molecule has 1 aromatic carbocycles. The minimum atomic E-state index is -3.53. The summed E-state index contributed by atoms with van der Waals surface area (Å²) in [5, 5.41) is 4.50. The van der Waals surface area contributed by atoms with E-state index in [1.165, 1.54) is 12.1 Å². The van der Waals surface area contributed by atoms with Gasteiger partial charge in [0, 0.05) is 36.4 Å². The maximum absolute atomic E-state index is 12.1. The molecule has 0 atom stereocenters. The third kappa shape index (κ3) is 3.60. The van der Waals surface area contributed by atoms with Crippen LogP contribution in [-0.2, 0) is 23.5 Å². The van der Waals surface area contributed by atoms with Crippen LogP contribution in [-0.4, -0.2) is 24.7 Å². The van der Waals surface area contributed by atoms with E-state index in [0.29, 0.717) is 22.5 Å². The Hall–Kier alpha value is -0.890. The van der Waals surface area contributed by atoms with Gasteiger partial charge in [0.15, 0.2) is 0 Å². The summed E-state index contributed by atoms with van der Waals surface area (Å²) in [5.74, 6) is 0. The predicted octanol–water partition coefficient (Wildman–Crippen LogP) is 2.36. The van der Waals surface area contributed by atoms with Gasteiger partial charge in [-0.2, -0.15) is 5.10 Å². The minimum absolute atomic E-state index is 0.179. The van der Waals surface area contributed by atoms with Gasteiger partial charge in [0.05, 0.1) is 9.92 Å². The van der Waals surface area contributed by atoms with Gasteiger partial charge in [-0.15, -0.1) is 0 Å². The van der Waals surface area contributed by atoms with Gasteiger partial charge in [0.25, 0.3) is 0 Å². The number of halogens is 2. The van der Waals surface area contributed by atoms with Crippen molar-refractivity contribution in [2.45, 2.75) is 11.3 Å². The predicted molar refractivity (Wildman–Crippen MR) is 81.3 cm³/mol. The molecule has 0 bridgehead atoms. The Bertz CT molecular complexity index is 715. The summed E-state index contributed by atoms with van der Waals surface area (Å²) in [6.45, 7) is 0.308. The van der Waals surface area contributed by atoms with Gasteiger partial charge in [-0.05, 0) is 40.2 Å². The molecule has 1 heterocycles. The topological polar surface area (TPSA) is 64.0 Å². The number of hydrogen-bond donors (Lipinski definition) is 1. The first-order chi connectivity index (χ1) is 9.40. The van der Waals surface area contributed by atoms with Crippen LogP contribution in [0.25, 0.3) is 0 Å². The van der Waals surface area contributed by atoms with Crippen molar-refractivity contribution in [1.29, 1.82) is 0 Å². The van der Waals surface area contributed by atoms with Crippen molar-refractivity contribution in [2.75, 3.05) is 6.54 Å². The molecular weight excluding hydrogens is 366 g/mol. The Kier molecular flexibility index (Phi) is 4.85. The second kappa shape index (κ2) is 6.26. The van der Waals surface area contributed by atoms with Crippen molar-refractivity contribution in [3.63, 3.8) is 0 Å². The Morgan fingerprint density at radius 1 is 1.40 bits per heavy atom. The molecule has 1 aromatic heterocycles. The molecular formula is C12H13BrClN3O2S. The lowest BCUT2D eigenvalue weighted by Gasteiger charge is -2.08. The van der Waals surface area contributed by atoms with E-state index in [4.69, 9.17) is 11.6 Å². The number of sulfonamides is 1. The second-order valence-electron chi connectivity index (χ2n) is 4.17. The summed E-state index contributed by atoms with van der Waals surface area (Å²) in [7, 11) is -1.71. The number of nitrogens with zero attached hydrogens (tertiary/aromatic N) is 2. The van der Waals surface area contributed by atoms with E-state index in [1.54, 1.807) is 16.9 Å². The van der Waals surface area contributed by atoms with Crippen LogP contribution < -0.4 is 4.72 Å². The highest BCUT2D eigenvalue weighted by Crippen LogP contribution is 2.25. The quantitative estimate of drug-likeness (QED) is 0.868. The molecule has 8 heteroatoms. The molecule has 20 heavy (non-hydrogen) atoms. The van der Waals surface area contributed by atoms with E-state index in [9.17, 15) is 8.42 Å². The zero-order chi connectivity index (χ0) is 14.8. The van der Waals surface area contributed by atoms with Gasteiger partial charge in [0.1, 0.15) is 0 Å². The van der Waals surface area contributed by atoms with Gasteiger partial charge >= 0.3 is 0 Å². The fourth-order valence-electron chi connectivity index (χ4n) is 1.69. The van der Waals surface area contributed by atoms with Crippen molar-refractivity contribution < 1.29 is 8.42 Å². The first-order valence-electron chi connectivity index (χ1n) is 5.82. The highest BCUT2D eigenvalue weighted by molar-refractivity contribution is 9.10. The molecule has 0 saturated heterocycles. The summed E-state index contributed by atoms with van der Waals surface area (Å²) in [5.41, 5.74) is 0.963. The number of rotatable bonds is 5. The molecule has 0 aliphatic heterocycles. The minimum Gasteiger partial charge on any atom is -0.273 e. The monoisotopic (exact) mass is 377 g/mol. The van der Waals surface area contributed by atoms with Crippen LogP contribution >= 0.6 is 27.5 Å². The molecule has 0 radical (unpaired) electrons. The summed E-state index contributed by atoms with van der Waals surface area (Å²) in [6.07, 6.45) is 2.25. The maximum Gasteiger partial charge on any atom is 0.240 e. The highest BCUT2D eigenvalue weighted by atomic mass is 79.9. The summed E-state index contributed by atoms with van der Waals surface area (Å²) in [4.78, 5) is 0.179. The average Bonchev–Trinajstić information content (AvgIpc) is 2.78. The molecule has 5 nitrogen and oxygen atoms in total. The van der Waals surface area contributed by atoms with Crippen LogP contribution in [0.3, 0.4) is 0 Å². The molecule has 108 valence electrons. The number of nitrogens with one attached hydrogen (secondary N) is 1. The standard InChI is InChI=1S/C12H13BrClN3O2S/c1-17-9(4-6-15-17)5-7-16-20(18,19)10-2-3-12(14)11(13)8-10/h2-4,6,8,16H,5,7H2,1H3. The van der Waals surface area contributed by atoms with Gasteiger partial charge in [0.2, 0.25) is 10.0 Å². The molecule has 0 saturated carbocycles. The Labute approximate surface area is 131 Å². The Balaban J connectivity index is 2.04. The molecule has 2 rings (SSSR count). The van der Waals surface area contributed by atoms with Gasteiger partial charge in [-0.3, -0.25) is 4.68 Å². The van der Waals surface area contributed by atoms with Crippen molar-refractivity contribution in [3.05, 3.63) is 45.7 Å². The third-order valence-electron chi connectivity index (χ3n) is 2.80. The first-order valence-corrected chi connectivity index (χ1v) is 8.47. The Morgan fingerprint density at radius 3 is 2.75 bits per heavy atom. The lowest BCUT2D eigenvalue weighted by molar-refractivity contribution is 0.579. The normalized spacial score (nSPS) is 11.8. The maximum atomic E-state index is 12.1. The fourth-order valence-corrected chi connectivity index (χ4v) is 3.39. The summed E-state index contributed by atoms with van der Waals surface area (Å²) >= 11 is 9.06. The van der Waals surface area contributed by atoms with E-state index in [0.717, 1.165) is 5.69 Å². The summed E-state index contributed by atoms with van der Waals surface area (Å²) in [6, 6.07) is 6.35. The number of aromatic nitrogens is 2. The zero-order valence-electron chi connectivity index (χ0n) is 10.7. The average molecular weight is 379 g/mol. The van der Waals surface area contributed by atoms with E-state index < -0.39 is 10.0 Å². The fraction of sp³-hybridized carbons (Fsp3) is 0.250. The van der Waals surface area contributed by atoms with Crippen LogP contribution in [0.4, 0.5) is 0 Å². The highest BCUT2D eigenvalue weighted by Gasteiger charge is 2.15. The van der Waals surface area contributed by atoms with Crippen molar-refractivity contribution in [3.8, 4) is 0 Å². The third-order valence-corrected chi connectivity index (χ3v) is 5.47. The number of hydrogen-bond acceptors (Lipinski definition) is 3. The smallest absolute Gasteiger partial charge is 0.240 e. The molecule has 1 N–H and O–H groups in total. The lowest BCUT2D eigenvalue weighted by Crippen LogP contribution is -2.26. The van der Waals surface area contributed by atoms with E-state index in [2.05, 4.69) is 25.8 Å². The van der Waals surface area contributed by atoms with Crippen molar-refractivity contribution in [2.24, 2.45) is 7.05 Å². The SMILES string of the molecule is Cn1nccc1CCNS(=O)(=O)c1ccc(Cl)c(Br)c1.